The van der Waals surface area contributed by atoms with Crippen LogP contribution in [0.2, 0.25) is 5.02 Å². The highest BCUT2D eigenvalue weighted by atomic mass is 35.5. The second-order valence-electron chi connectivity index (χ2n) is 6.63. The third kappa shape index (κ3) is 6.15. The maximum Gasteiger partial charge on any atom is 0.137 e. The molecule has 1 rings (SSSR count). The van der Waals surface area contributed by atoms with Crippen LogP contribution in [0.4, 0.5) is 4.39 Å². The van der Waals surface area contributed by atoms with Gasteiger partial charge in [-0.15, -0.1) is 0 Å². The minimum Gasteiger partial charge on any atom is -0.330 e. The number of rotatable bonds is 7. The third-order valence-electron chi connectivity index (χ3n) is 3.91. The number of nitrogens with two attached hydrogens (primary N) is 1. The van der Waals surface area contributed by atoms with E-state index in [-0.39, 0.29) is 17.6 Å². The SMILES string of the molecule is CC(C)(C)C(CCN)CCC(=O)Cc1ccc(Cl)cc1F. The molecule has 1 aromatic rings. The summed E-state index contributed by atoms with van der Waals surface area (Å²) in [4.78, 5) is 12.1. The molecule has 0 bridgehead atoms. The van der Waals surface area contributed by atoms with E-state index in [1.807, 2.05) is 0 Å². The summed E-state index contributed by atoms with van der Waals surface area (Å²) < 4.78 is 13.7. The van der Waals surface area contributed by atoms with Gasteiger partial charge >= 0.3 is 0 Å². The minimum absolute atomic E-state index is 0.0579. The normalized spacial score (nSPS) is 13.2. The van der Waals surface area contributed by atoms with E-state index in [9.17, 15) is 9.18 Å². The Morgan fingerprint density at radius 1 is 1.33 bits per heavy atom. The molecule has 0 aliphatic heterocycles. The molecule has 1 unspecified atom stereocenters. The molecular formula is C17H25ClFNO. The van der Waals surface area contributed by atoms with Crippen molar-refractivity contribution in [1.29, 1.82) is 0 Å². The fourth-order valence-corrected chi connectivity index (χ4v) is 2.67. The van der Waals surface area contributed by atoms with Gasteiger partial charge in [0.15, 0.2) is 0 Å². The third-order valence-corrected chi connectivity index (χ3v) is 4.15. The Balaban J connectivity index is 2.57. The molecule has 0 spiro atoms. The summed E-state index contributed by atoms with van der Waals surface area (Å²) >= 11 is 5.70. The lowest BCUT2D eigenvalue weighted by Gasteiger charge is -2.30. The van der Waals surface area contributed by atoms with Crippen molar-refractivity contribution in [2.45, 2.75) is 46.5 Å². The molecule has 0 aromatic heterocycles. The molecule has 0 saturated carbocycles. The molecule has 118 valence electrons. The van der Waals surface area contributed by atoms with Crippen molar-refractivity contribution < 1.29 is 9.18 Å². The number of ketones is 1. The van der Waals surface area contributed by atoms with E-state index >= 15 is 0 Å². The quantitative estimate of drug-likeness (QED) is 0.811. The molecule has 0 radical (unpaired) electrons. The zero-order valence-corrected chi connectivity index (χ0v) is 13.8. The van der Waals surface area contributed by atoms with Crippen LogP contribution < -0.4 is 5.73 Å². The molecule has 0 aliphatic carbocycles. The molecule has 2 N–H and O–H groups in total. The van der Waals surface area contributed by atoms with Crippen LogP contribution in [0.3, 0.4) is 0 Å². The fraction of sp³-hybridized carbons (Fsp3) is 0.588. The van der Waals surface area contributed by atoms with E-state index in [4.69, 9.17) is 17.3 Å². The lowest BCUT2D eigenvalue weighted by Crippen LogP contribution is -2.24. The van der Waals surface area contributed by atoms with Gasteiger partial charge in [-0.2, -0.15) is 0 Å². The maximum atomic E-state index is 13.7. The van der Waals surface area contributed by atoms with Gasteiger partial charge in [0.2, 0.25) is 0 Å². The number of Topliss-reactive ketones (excluding diaryl/α,β-unsaturated/α-hetero) is 1. The highest BCUT2D eigenvalue weighted by Crippen LogP contribution is 2.32. The van der Waals surface area contributed by atoms with Gasteiger partial charge in [0.25, 0.3) is 0 Å². The van der Waals surface area contributed by atoms with Crippen molar-refractivity contribution in [2.24, 2.45) is 17.1 Å². The van der Waals surface area contributed by atoms with Crippen molar-refractivity contribution >= 4 is 17.4 Å². The zero-order chi connectivity index (χ0) is 16.0. The van der Waals surface area contributed by atoms with E-state index in [0.29, 0.717) is 29.5 Å². The lowest BCUT2D eigenvalue weighted by molar-refractivity contribution is -0.118. The standard InChI is InChI=1S/C17H25ClFNO/c1-17(2,3)13(8-9-20)5-7-15(21)10-12-4-6-14(18)11-16(12)19/h4,6,11,13H,5,7-10,20H2,1-3H3. The number of benzene rings is 1. The van der Waals surface area contributed by atoms with Gasteiger partial charge in [0.05, 0.1) is 0 Å². The van der Waals surface area contributed by atoms with Gasteiger partial charge in [-0.25, -0.2) is 4.39 Å². The van der Waals surface area contributed by atoms with Gasteiger partial charge in [-0.05, 0) is 48.4 Å². The molecule has 1 atom stereocenters. The summed E-state index contributed by atoms with van der Waals surface area (Å²) in [6, 6.07) is 4.44. The van der Waals surface area contributed by atoms with Crippen LogP contribution in [0.15, 0.2) is 18.2 Å². The minimum atomic E-state index is -0.412. The monoisotopic (exact) mass is 313 g/mol. The van der Waals surface area contributed by atoms with Crippen LogP contribution in [0.1, 0.15) is 45.6 Å². The van der Waals surface area contributed by atoms with Crippen LogP contribution >= 0.6 is 11.6 Å². The van der Waals surface area contributed by atoms with Crippen LogP contribution in [0.5, 0.6) is 0 Å². The summed E-state index contributed by atoms with van der Waals surface area (Å²) in [7, 11) is 0. The second kappa shape index (κ2) is 7.90. The fourth-order valence-electron chi connectivity index (χ4n) is 2.51. The molecule has 2 nitrogen and oxygen atoms in total. The van der Waals surface area contributed by atoms with Gasteiger partial charge in [0.1, 0.15) is 11.6 Å². The van der Waals surface area contributed by atoms with E-state index in [1.54, 1.807) is 12.1 Å². The van der Waals surface area contributed by atoms with Crippen molar-refractivity contribution in [3.8, 4) is 0 Å². The number of carbonyl (C=O) groups excluding carboxylic acids is 1. The maximum absolute atomic E-state index is 13.7. The first-order valence-electron chi connectivity index (χ1n) is 7.39. The number of hydrogen-bond donors (Lipinski definition) is 1. The number of halogens is 2. The Hall–Kier alpha value is -0.930. The molecule has 21 heavy (non-hydrogen) atoms. The average molecular weight is 314 g/mol. The topological polar surface area (TPSA) is 43.1 Å². The predicted octanol–water partition coefficient (Wildman–Crippen LogP) is 4.38. The Morgan fingerprint density at radius 3 is 2.52 bits per heavy atom. The molecule has 1 aromatic carbocycles. The highest BCUT2D eigenvalue weighted by Gasteiger charge is 2.24. The first kappa shape index (κ1) is 18.1. The first-order valence-corrected chi connectivity index (χ1v) is 7.77. The summed E-state index contributed by atoms with van der Waals surface area (Å²) in [5.74, 6) is 0.0502. The molecule has 0 aliphatic rings. The van der Waals surface area contributed by atoms with Gasteiger partial charge in [0, 0.05) is 17.9 Å². The summed E-state index contributed by atoms with van der Waals surface area (Å²) in [6.45, 7) is 7.12. The lowest BCUT2D eigenvalue weighted by atomic mass is 9.76. The van der Waals surface area contributed by atoms with E-state index in [2.05, 4.69) is 20.8 Å². The molecule has 0 fully saturated rings. The molecule has 4 heteroatoms. The summed E-state index contributed by atoms with van der Waals surface area (Å²) in [5, 5.41) is 0.347. The Labute approximate surface area is 131 Å². The largest absolute Gasteiger partial charge is 0.330 e. The average Bonchev–Trinajstić information content (AvgIpc) is 2.36. The van der Waals surface area contributed by atoms with Crippen LogP contribution in [0, 0.1) is 17.2 Å². The van der Waals surface area contributed by atoms with Gasteiger partial charge in [-0.1, -0.05) is 38.4 Å². The molecular weight excluding hydrogens is 289 g/mol. The van der Waals surface area contributed by atoms with Crippen molar-refractivity contribution in [3.05, 3.63) is 34.6 Å². The summed E-state index contributed by atoms with van der Waals surface area (Å²) in [6.07, 6.45) is 2.30. The van der Waals surface area contributed by atoms with E-state index < -0.39 is 5.82 Å². The van der Waals surface area contributed by atoms with E-state index in [1.165, 1.54) is 6.07 Å². The first-order chi connectivity index (χ1) is 9.74. The number of carbonyl (C=O) groups is 1. The van der Waals surface area contributed by atoms with Crippen molar-refractivity contribution in [3.63, 3.8) is 0 Å². The zero-order valence-electron chi connectivity index (χ0n) is 13.1. The van der Waals surface area contributed by atoms with Crippen LogP contribution in [-0.2, 0) is 11.2 Å². The predicted molar refractivity (Wildman–Crippen MR) is 86.0 cm³/mol. The Bertz CT molecular complexity index is 482. The van der Waals surface area contributed by atoms with Crippen LogP contribution in [0.25, 0.3) is 0 Å². The summed E-state index contributed by atoms with van der Waals surface area (Å²) in [5.41, 5.74) is 6.19. The Kier molecular flexibility index (Phi) is 6.82. The molecule has 0 saturated heterocycles. The van der Waals surface area contributed by atoms with Crippen LogP contribution in [-0.4, -0.2) is 12.3 Å². The number of hydrogen-bond acceptors (Lipinski definition) is 2. The highest BCUT2D eigenvalue weighted by molar-refractivity contribution is 6.30. The Morgan fingerprint density at radius 2 is 2.00 bits per heavy atom. The van der Waals surface area contributed by atoms with Crippen molar-refractivity contribution in [1.82, 2.24) is 0 Å². The molecule has 0 amide bonds. The van der Waals surface area contributed by atoms with Crippen molar-refractivity contribution in [2.75, 3.05) is 6.54 Å². The molecule has 0 heterocycles. The van der Waals surface area contributed by atoms with E-state index in [0.717, 1.165) is 12.8 Å². The van der Waals surface area contributed by atoms with Gasteiger partial charge in [-0.3, -0.25) is 4.79 Å². The second-order valence-corrected chi connectivity index (χ2v) is 7.07. The van der Waals surface area contributed by atoms with Gasteiger partial charge < -0.3 is 5.73 Å². The smallest absolute Gasteiger partial charge is 0.137 e.